The first-order valence-electron chi connectivity index (χ1n) is 8.39. The number of nitrogens with one attached hydrogen (secondary N) is 1. The predicted octanol–water partition coefficient (Wildman–Crippen LogP) is 2.54. The third-order valence-corrected chi connectivity index (χ3v) is 4.58. The van der Waals surface area contributed by atoms with E-state index in [1.54, 1.807) is 17.0 Å². The van der Waals surface area contributed by atoms with Gasteiger partial charge < -0.3 is 5.32 Å². The number of benzene rings is 1. The van der Waals surface area contributed by atoms with Crippen LogP contribution in [0.4, 0.5) is 0 Å². The van der Waals surface area contributed by atoms with Crippen LogP contribution in [0.2, 0.25) is 0 Å². The lowest BCUT2D eigenvalue weighted by molar-refractivity contribution is -0.121. The normalized spacial score (nSPS) is 15.2. The Kier molecular flexibility index (Phi) is 4.74. The second-order valence-corrected chi connectivity index (χ2v) is 6.37. The van der Waals surface area contributed by atoms with Crippen molar-refractivity contribution >= 4 is 16.8 Å². The summed E-state index contributed by atoms with van der Waals surface area (Å²) >= 11 is 0. The minimum absolute atomic E-state index is 0.0325. The molecule has 0 bridgehead atoms. The number of fused-ring (bicyclic) bond motifs is 1. The van der Waals surface area contributed by atoms with E-state index in [-0.39, 0.29) is 11.5 Å². The van der Waals surface area contributed by atoms with Gasteiger partial charge in [-0.15, -0.1) is 0 Å². The van der Waals surface area contributed by atoms with E-state index in [1.807, 2.05) is 19.1 Å². The first-order chi connectivity index (χ1) is 11.1. The van der Waals surface area contributed by atoms with Crippen molar-refractivity contribution in [3.8, 4) is 0 Å². The largest absolute Gasteiger partial charge is 0.353 e. The summed E-state index contributed by atoms with van der Waals surface area (Å²) < 4.78 is 1.60. The van der Waals surface area contributed by atoms with E-state index in [0.29, 0.717) is 30.8 Å². The Bertz CT molecular complexity index is 760. The Labute approximate surface area is 135 Å². The number of aromatic nitrogens is 2. The minimum Gasteiger partial charge on any atom is -0.353 e. The smallest absolute Gasteiger partial charge is 0.261 e. The summed E-state index contributed by atoms with van der Waals surface area (Å²) in [5.74, 6) is 0.0922. The molecule has 0 unspecified atom stereocenters. The Morgan fingerprint density at radius 3 is 2.91 bits per heavy atom. The number of nitrogens with zero attached hydrogens (tertiary/aromatic N) is 2. The molecule has 0 spiro atoms. The Balaban J connectivity index is 1.60. The Hall–Kier alpha value is -2.17. The van der Waals surface area contributed by atoms with Crippen LogP contribution in [0, 0.1) is 6.92 Å². The highest BCUT2D eigenvalue weighted by Gasteiger charge is 2.16. The van der Waals surface area contributed by atoms with Gasteiger partial charge in [0.15, 0.2) is 0 Å². The van der Waals surface area contributed by atoms with Crippen LogP contribution in [0.1, 0.15) is 44.1 Å². The van der Waals surface area contributed by atoms with E-state index in [1.165, 1.54) is 12.8 Å². The lowest BCUT2D eigenvalue weighted by Gasteiger charge is -2.12. The quantitative estimate of drug-likeness (QED) is 0.922. The number of aryl methyl sites for hydroxylation is 2. The summed E-state index contributed by atoms with van der Waals surface area (Å²) in [5.41, 5.74) is 1.73. The topological polar surface area (TPSA) is 64.0 Å². The number of para-hydroxylation sites is 1. The average Bonchev–Trinajstić information content (AvgIpc) is 3.03. The highest BCUT2D eigenvalue weighted by atomic mass is 16.1. The lowest BCUT2D eigenvalue weighted by atomic mass is 10.1. The Morgan fingerprint density at radius 2 is 2.13 bits per heavy atom. The number of carbonyl (C=O) groups excluding carboxylic acids is 1. The maximum Gasteiger partial charge on any atom is 0.261 e. The molecule has 0 aliphatic heterocycles. The second kappa shape index (κ2) is 6.94. The van der Waals surface area contributed by atoms with E-state index >= 15 is 0 Å². The van der Waals surface area contributed by atoms with Crippen molar-refractivity contribution in [2.45, 2.75) is 58.0 Å². The van der Waals surface area contributed by atoms with Crippen LogP contribution >= 0.6 is 0 Å². The molecule has 0 saturated heterocycles. The third kappa shape index (κ3) is 3.60. The molecular formula is C18H23N3O2. The molecule has 5 heteroatoms. The fraction of sp³-hybridized carbons (Fsp3) is 0.500. The van der Waals surface area contributed by atoms with Gasteiger partial charge in [0.05, 0.1) is 17.2 Å². The monoisotopic (exact) mass is 313 g/mol. The van der Waals surface area contributed by atoms with Crippen molar-refractivity contribution in [2.75, 3.05) is 0 Å². The SMILES string of the molecule is Cc1cccc2c(=O)n(CCCC(=O)NC3CCCC3)cnc12. The van der Waals surface area contributed by atoms with E-state index in [2.05, 4.69) is 10.3 Å². The van der Waals surface area contributed by atoms with Crippen molar-refractivity contribution in [3.05, 3.63) is 40.4 Å². The molecule has 5 nitrogen and oxygen atoms in total. The minimum atomic E-state index is -0.0325. The van der Waals surface area contributed by atoms with Gasteiger partial charge in [0.2, 0.25) is 5.91 Å². The number of hydrogen-bond acceptors (Lipinski definition) is 3. The van der Waals surface area contributed by atoms with Crippen molar-refractivity contribution in [2.24, 2.45) is 0 Å². The molecule has 1 saturated carbocycles. The summed E-state index contributed by atoms with van der Waals surface area (Å²) in [5, 5.41) is 3.72. The molecule has 1 amide bonds. The first-order valence-corrected chi connectivity index (χ1v) is 8.39. The molecule has 1 fully saturated rings. The highest BCUT2D eigenvalue weighted by Crippen LogP contribution is 2.17. The fourth-order valence-corrected chi connectivity index (χ4v) is 3.28. The van der Waals surface area contributed by atoms with Gasteiger partial charge >= 0.3 is 0 Å². The zero-order chi connectivity index (χ0) is 16.2. The average molecular weight is 313 g/mol. The molecule has 23 heavy (non-hydrogen) atoms. The molecule has 1 N–H and O–H groups in total. The van der Waals surface area contributed by atoms with Crippen LogP contribution in [-0.2, 0) is 11.3 Å². The van der Waals surface area contributed by atoms with Crippen molar-refractivity contribution in [1.29, 1.82) is 0 Å². The summed E-state index contributed by atoms with van der Waals surface area (Å²) in [7, 11) is 0. The summed E-state index contributed by atoms with van der Waals surface area (Å²) in [4.78, 5) is 28.8. The number of rotatable bonds is 5. The first kappa shape index (κ1) is 15.7. The summed E-state index contributed by atoms with van der Waals surface area (Å²) in [6, 6.07) is 5.99. The van der Waals surface area contributed by atoms with Gasteiger partial charge in [0.1, 0.15) is 0 Å². The molecular weight excluding hydrogens is 290 g/mol. The molecule has 1 aliphatic rings. The summed E-state index contributed by atoms with van der Waals surface area (Å²) in [6.07, 6.45) is 7.31. The van der Waals surface area contributed by atoms with Gasteiger partial charge in [0, 0.05) is 19.0 Å². The lowest BCUT2D eigenvalue weighted by Crippen LogP contribution is -2.32. The maximum absolute atomic E-state index is 12.5. The van der Waals surface area contributed by atoms with Crippen molar-refractivity contribution < 1.29 is 4.79 Å². The molecule has 0 atom stereocenters. The third-order valence-electron chi connectivity index (χ3n) is 4.58. The van der Waals surface area contributed by atoms with Gasteiger partial charge in [-0.25, -0.2) is 4.98 Å². The zero-order valence-corrected chi connectivity index (χ0v) is 13.5. The standard InChI is InChI=1S/C18H23N3O2/c1-13-6-4-9-15-17(13)19-12-21(18(15)23)11-5-10-16(22)20-14-7-2-3-8-14/h4,6,9,12,14H,2-3,5,7-8,10-11H2,1H3,(H,20,22). The zero-order valence-electron chi connectivity index (χ0n) is 13.5. The van der Waals surface area contributed by atoms with E-state index in [0.717, 1.165) is 23.9 Å². The van der Waals surface area contributed by atoms with Crippen LogP contribution in [-0.4, -0.2) is 21.5 Å². The van der Waals surface area contributed by atoms with E-state index in [4.69, 9.17) is 0 Å². The molecule has 3 rings (SSSR count). The molecule has 1 aromatic carbocycles. The molecule has 2 aromatic rings. The van der Waals surface area contributed by atoms with E-state index in [9.17, 15) is 9.59 Å². The summed E-state index contributed by atoms with van der Waals surface area (Å²) in [6.45, 7) is 2.47. The number of carbonyl (C=O) groups is 1. The highest BCUT2D eigenvalue weighted by molar-refractivity contribution is 5.80. The molecule has 0 radical (unpaired) electrons. The van der Waals surface area contributed by atoms with Crippen LogP contribution in [0.5, 0.6) is 0 Å². The van der Waals surface area contributed by atoms with Gasteiger partial charge in [-0.1, -0.05) is 25.0 Å². The number of amides is 1. The fourth-order valence-electron chi connectivity index (χ4n) is 3.28. The maximum atomic E-state index is 12.5. The molecule has 122 valence electrons. The predicted molar refractivity (Wildman–Crippen MR) is 90.4 cm³/mol. The van der Waals surface area contributed by atoms with Gasteiger partial charge in [-0.05, 0) is 37.8 Å². The number of hydrogen-bond donors (Lipinski definition) is 1. The van der Waals surface area contributed by atoms with Gasteiger partial charge in [0.25, 0.3) is 5.56 Å². The van der Waals surface area contributed by atoms with Gasteiger partial charge in [-0.3, -0.25) is 14.2 Å². The molecule has 1 heterocycles. The molecule has 1 aromatic heterocycles. The van der Waals surface area contributed by atoms with Gasteiger partial charge in [-0.2, -0.15) is 0 Å². The van der Waals surface area contributed by atoms with Crippen LogP contribution in [0.15, 0.2) is 29.3 Å². The second-order valence-electron chi connectivity index (χ2n) is 6.37. The molecule has 1 aliphatic carbocycles. The van der Waals surface area contributed by atoms with Crippen LogP contribution in [0.25, 0.3) is 10.9 Å². The van der Waals surface area contributed by atoms with Crippen LogP contribution in [0.3, 0.4) is 0 Å². The van der Waals surface area contributed by atoms with Crippen molar-refractivity contribution in [3.63, 3.8) is 0 Å². The van der Waals surface area contributed by atoms with Crippen molar-refractivity contribution in [1.82, 2.24) is 14.9 Å². The van der Waals surface area contributed by atoms with E-state index < -0.39 is 0 Å². The Morgan fingerprint density at radius 1 is 1.35 bits per heavy atom. The van der Waals surface area contributed by atoms with Crippen LogP contribution < -0.4 is 10.9 Å².